The Labute approximate surface area is 123 Å². The number of rotatable bonds is 5. The van der Waals surface area contributed by atoms with Crippen molar-refractivity contribution < 1.29 is 9.18 Å². The Hall–Kier alpha value is -2.37. The lowest BCUT2D eigenvalue weighted by molar-refractivity contribution is 0.102. The van der Waals surface area contributed by atoms with Crippen molar-refractivity contribution in [2.24, 2.45) is 7.05 Å². The molecule has 0 fully saturated rings. The van der Waals surface area contributed by atoms with Crippen LogP contribution in [0.4, 0.5) is 15.8 Å². The van der Waals surface area contributed by atoms with Gasteiger partial charge in [-0.05, 0) is 25.5 Å². The monoisotopic (exact) mass is 290 g/mol. The van der Waals surface area contributed by atoms with E-state index in [1.54, 1.807) is 30.9 Å². The van der Waals surface area contributed by atoms with Gasteiger partial charge in [-0.3, -0.25) is 9.48 Å². The molecular formula is C15H19FN4O. The summed E-state index contributed by atoms with van der Waals surface area (Å²) >= 11 is 0. The molecule has 0 radical (unpaired) electrons. The largest absolute Gasteiger partial charge is 0.382 e. The molecule has 1 aromatic carbocycles. The van der Waals surface area contributed by atoms with Crippen LogP contribution in [0.2, 0.25) is 0 Å². The fourth-order valence-corrected chi connectivity index (χ4v) is 2.05. The molecule has 1 heterocycles. The van der Waals surface area contributed by atoms with Crippen molar-refractivity contribution in [3.05, 3.63) is 41.5 Å². The Morgan fingerprint density at radius 3 is 2.81 bits per heavy atom. The molecule has 0 saturated carbocycles. The van der Waals surface area contributed by atoms with Gasteiger partial charge in [0.25, 0.3) is 5.91 Å². The van der Waals surface area contributed by atoms with Crippen LogP contribution < -0.4 is 10.6 Å². The summed E-state index contributed by atoms with van der Waals surface area (Å²) in [5, 5.41) is 9.88. The number of nitrogens with zero attached hydrogens (tertiary/aromatic N) is 2. The summed E-state index contributed by atoms with van der Waals surface area (Å²) in [4.78, 5) is 12.4. The Bertz CT molecular complexity index is 651. The maximum absolute atomic E-state index is 13.9. The van der Waals surface area contributed by atoms with Crippen LogP contribution in [0.15, 0.2) is 24.4 Å². The van der Waals surface area contributed by atoms with Crippen LogP contribution in [-0.4, -0.2) is 22.2 Å². The predicted octanol–water partition coefficient (Wildman–Crippen LogP) is 2.94. The van der Waals surface area contributed by atoms with E-state index in [4.69, 9.17) is 0 Å². The van der Waals surface area contributed by atoms with Gasteiger partial charge in [-0.15, -0.1) is 0 Å². The molecular weight excluding hydrogens is 271 g/mol. The van der Waals surface area contributed by atoms with E-state index in [1.807, 2.05) is 6.92 Å². The maximum atomic E-state index is 13.9. The van der Waals surface area contributed by atoms with Crippen LogP contribution in [0.1, 0.15) is 29.4 Å². The molecule has 2 aromatic rings. The van der Waals surface area contributed by atoms with Crippen LogP contribution in [-0.2, 0) is 7.05 Å². The lowest BCUT2D eigenvalue weighted by Gasteiger charge is -2.12. The molecule has 1 amide bonds. The highest BCUT2D eigenvalue weighted by atomic mass is 19.1. The minimum Gasteiger partial charge on any atom is -0.382 e. The second-order valence-corrected chi connectivity index (χ2v) is 4.85. The summed E-state index contributed by atoms with van der Waals surface area (Å²) < 4.78 is 15.5. The van der Waals surface area contributed by atoms with Crippen LogP contribution in [0.5, 0.6) is 0 Å². The fourth-order valence-electron chi connectivity index (χ4n) is 2.05. The summed E-state index contributed by atoms with van der Waals surface area (Å²) in [7, 11) is 1.78. The van der Waals surface area contributed by atoms with Gasteiger partial charge in [-0.2, -0.15) is 5.10 Å². The first-order valence-electron chi connectivity index (χ1n) is 6.87. The van der Waals surface area contributed by atoms with E-state index in [-0.39, 0.29) is 17.2 Å². The second-order valence-electron chi connectivity index (χ2n) is 4.85. The van der Waals surface area contributed by atoms with E-state index in [2.05, 4.69) is 15.7 Å². The number of hydrogen-bond donors (Lipinski definition) is 2. The molecule has 1 aromatic heterocycles. The average Bonchev–Trinajstić information content (AvgIpc) is 2.75. The third kappa shape index (κ3) is 3.39. The van der Waals surface area contributed by atoms with E-state index >= 15 is 0 Å². The number of hydrogen-bond acceptors (Lipinski definition) is 3. The molecule has 2 rings (SSSR count). The minimum atomic E-state index is -0.431. The van der Waals surface area contributed by atoms with Crippen molar-refractivity contribution in [1.29, 1.82) is 0 Å². The molecule has 0 aliphatic heterocycles. The van der Waals surface area contributed by atoms with Gasteiger partial charge >= 0.3 is 0 Å². The molecule has 0 saturated heterocycles. The van der Waals surface area contributed by atoms with E-state index in [0.29, 0.717) is 17.9 Å². The molecule has 0 spiro atoms. The molecule has 0 aliphatic rings. The third-order valence-electron chi connectivity index (χ3n) is 3.07. The lowest BCUT2D eigenvalue weighted by Crippen LogP contribution is -2.16. The van der Waals surface area contributed by atoms with E-state index in [9.17, 15) is 9.18 Å². The fraction of sp³-hybridized carbons (Fsp3) is 0.333. The number of para-hydroxylation sites is 1. The van der Waals surface area contributed by atoms with Crippen LogP contribution in [0, 0.1) is 12.7 Å². The first kappa shape index (κ1) is 15.0. The van der Waals surface area contributed by atoms with Crippen molar-refractivity contribution in [2.75, 3.05) is 17.2 Å². The van der Waals surface area contributed by atoms with Crippen molar-refractivity contribution in [1.82, 2.24) is 9.78 Å². The second kappa shape index (κ2) is 6.39. The Morgan fingerprint density at radius 2 is 2.19 bits per heavy atom. The molecule has 112 valence electrons. The quantitative estimate of drug-likeness (QED) is 0.890. The summed E-state index contributed by atoms with van der Waals surface area (Å²) in [6, 6.07) is 4.46. The van der Waals surface area contributed by atoms with Gasteiger partial charge in [0, 0.05) is 19.8 Å². The number of halogens is 1. The van der Waals surface area contributed by atoms with Gasteiger partial charge in [0.05, 0.1) is 22.6 Å². The SMILES string of the molecule is CCCNc1c(F)cccc1C(=O)Nc1cn(C)nc1C. The average molecular weight is 290 g/mol. The Morgan fingerprint density at radius 1 is 1.43 bits per heavy atom. The normalized spacial score (nSPS) is 10.5. The number of aryl methyl sites for hydroxylation is 2. The van der Waals surface area contributed by atoms with Crippen molar-refractivity contribution >= 4 is 17.3 Å². The molecule has 0 unspecified atom stereocenters. The maximum Gasteiger partial charge on any atom is 0.257 e. The standard InChI is InChI=1S/C15H19FN4O/c1-4-8-17-14-11(6-5-7-12(14)16)15(21)18-13-9-20(3)19-10(13)2/h5-7,9,17H,4,8H2,1-3H3,(H,18,21). The number of aromatic nitrogens is 2. The first-order chi connectivity index (χ1) is 10.0. The number of amides is 1. The van der Waals surface area contributed by atoms with Crippen LogP contribution in [0.25, 0.3) is 0 Å². The molecule has 0 bridgehead atoms. The number of anilines is 2. The predicted molar refractivity (Wildman–Crippen MR) is 81.1 cm³/mol. The van der Waals surface area contributed by atoms with E-state index in [1.165, 1.54) is 12.1 Å². The molecule has 5 nitrogen and oxygen atoms in total. The number of benzene rings is 1. The summed E-state index contributed by atoms with van der Waals surface area (Å²) in [5.41, 5.74) is 1.85. The number of carbonyl (C=O) groups excluding carboxylic acids is 1. The molecule has 6 heteroatoms. The number of nitrogens with one attached hydrogen (secondary N) is 2. The minimum absolute atomic E-state index is 0.235. The van der Waals surface area contributed by atoms with Gasteiger partial charge in [-0.1, -0.05) is 13.0 Å². The zero-order chi connectivity index (χ0) is 15.4. The molecule has 0 atom stereocenters. The van der Waals surface area contributed by atoms with Gasteiger partial charge < -0.3 is 10.6 Å². The lowest BCUT2D eigenvalue weighted by atomic mass is 10.1. The highest BCUT2D eigenvalue weighted by Gasteiger charge is 2.16. The van der Waals surface area contributed by atoms with Crippen LogP contribution >= 0.6 is 0 Å². The summed E-state index contributed by atoms with van der Waals surface area (Å²) in [6.07, 6.45) is 2.56. The Balaban J connectivity index is 2.26. The summed E-state index contributed by atoms with van der Waals surface area (Å²) in [6.45, 7) is 4.39. The van der Waals surface area contributed by atoms with Crippen molar-refractivity contribution in [3.8, 4) is 0 Å². The first-order valence-corrected chi connectivity index (χ1v) is 6.87. The van der Waals surface area contributed by atoms with Crippen molar-refractivity contribution in [2.45, 2.75) is 20.3 Å². The molecule has 2 N–H and O–H groups in total. The summed E-state index contributed by atoms with van der Waals surface area (Å²) in [5.74, 6) is -0.789. The zero-order valence-corrected chi connectivity index (χ0v) is 12.4. The highest BCUT2D eigenvalue weighted by molar-refractivity contribution is 6.08. The number of carbonyl (C=O) groups is 1. The van der Waals surface area contributed by atoms with Gasteiger partial charge in [0.2, 0.25) is 0 Å². The topological polar surface area (TPSA) is 59.0 Å². The highest BCUT2D eigenvalue weighted by Crippen LogP contribution is 2.22. The zero-order valence-electron chi connectivity index (χ0n) is 12.4. The van der Waals surface area contributed by atoms with Crippen LogP contribution in [0.3, 0.4) is 0 Å². The third-order valence-corrected chi connectivity index (χ3v) is 3.07. The smallest absolute Gasteiger partial charge is 0.257 e. The molecule has 21 heavy (non-hydrogen) atoms. The Kier molecular flexibility index (Phi) is 4.57. The van der Waals surface area contributed by atoms with E-state index < -0.39 is 5.82 Å². The van der Waals surface area contributed by atoms with Gasteiger partial charge in [0.1, 0.15) is 5.82 Å². The van der Waals surface area contributed by atoms with E-state index in [0.717, 1.165) is 6.42 Å². The van der Waals surface area contributed by atoms with Gasteiger partial charge in [0.15, 0.2) is 0 Å². The van der Waals surface area contributed by atoms with Gasteiger partial charge in [-0.25, -0.2) is 4.39 Å². The van der Waals surface area contributed by atoms with Crippen molar-refractivity contribution in [3.63, 3.8) is 0 Å². The molecule has 0 aliphatic carbocycles.